The number of benzene rings is 1. The van der Waals surface area contributed by atoms with E-state index in [9.17, 15) is 14.0 Å². The zero-order valence-electron chi connectivity index (χ0n) is 8.98. The van der Waals surface area contributed by atoms with Crippen LogP contribution < -0.4 is 0 Å². The maximum absolute atomic E-state index is 12.6. The first kappa shape index (κ1) is 11.3. The third kappa shape index (κ3) is 2.33. The lowest BCUT2D eigenvalue weighted by Gasteiger charge is -2.15. The van der Waals surface area contributed by atoms with E-state index < -0.39 is 11.8 Å². The highest BCUT2D eigenvalue weighted by Gasteiger charge is 2.28. The van der Waals surface area contributed by atoms with Crippen LogP contribution in [0.4, 0.5) is 4.39 Å². The number of amides is 1. The Bertz CT molecular complexity index is 465. The second-order valence-electron chi connectivity index (χ2n) is 3.64. The van der Waals surface area contributed by atoms with Crippen LogP contribution in [0, 0.1) is 5.82 Å². The average Bonchev–Trinajstić information content (AvgIpc) is 2.61. The van der Waals surface area contributed by atoms with E-state index in [1.807, 2.05) is 0 Å². The van der Waals surface area contributed by atoms with Crippen molar-refractivity contribution < 1.29 is 18.8 Å². The van der Waals surface area contributed by atoms with Crippen molar-refractivity contribution in [2.45, 2.75) is 12.8 Å². The van der Waals surface area contributed by atoms with E-state index in [-0.39, 0.29) is 17.9 Å². The molecule has 4 nitrogen and oxygen atoms in total. The first-order valence-corrected chi connectivity index (χ1v) is 5.06. The van der Waals surface area contributed by atoms with Gasteiger partial charge in [-0.15, -0.1) is 5.06 Å². The van der Waals surface area contributed by atoms with Crippen LogP contribution in [0.25, 0.3) is 0 Å². The second-order valence-corrected chi connectivity index (χ2v) is 3.64. The Labute approximate surface area is 97.2 Å². The predicted octanol–water partition coefficient (Wildman–Crippen LogP) is 2.03. The molecule has 0 bridgehead atoms. The van der Waals surface area contributed by atoms with Crippen molar-refractivity contribution in [1.29, 1.82) is 0 Å². The molecule has 17 heavy (non-hydrogen) atoms. The number of carbonyl (C=O) groups is 2. The molecule has 0 radical (unpaired) electrons. The number of hydroxylamine groups is 2. The molecule has 0 N–H and O–H groups in total. The van der Waals surface area contributed by atoms with Crippen molar-refractivity contribution in [3.63, 3.8) is 0 Å². The topological polar surface area (TPSA) is 46.6 Å². The van der Waals surface area contributed by atoms with Crippen molar-refractivity contribution >= 4 is 11.9 Å². The minimum Gasteiger partial charge on any atom is -0.328 e. The first-order valence-electron chi connectivity index (χ1n) is 5.06. The molecule has 0 aliphatic carbocycles. The summed E-state index contributed by atoms with van der Waals surface area (Å²) in [5.74, 6) is -1.45. The molecule has 2 rings (SSSR count). The number of nitrogens with zero attached hydrogens (tertiary/aromatic N) is 1. The summed E-state index contributed by atoms with van der Waals surface area (Å²) >= 11 is 0. The summed E-state index contributed by atoms with van der Waals surface area (Å²) in [6, 6.07) is 4.89. The summed E-state index contributed by atoms with van der Waals surface area (Å²) in [6.45, 7) is 3.61. The Morgan fingerprint density at radius 2 is 1.94 bits per heavy atom. The quantitative estimate of drug-likeness (QED) is 0.786. The Kier molecular flexibility index (Phi) is 2.91. The van der Waals surface area contributed by atoms with Crippen LogP contribution in [0.5, 0.6) is 0 Å². The maximum Gasteiger partial charge on any atom is 0.363 e. The SMILES string of the molecule is C=C1CCC(=O)N1OC(=O)c1ccc([18F])cc1. The van der Waals surface area contributed by atoms with Crippen LogP contribution in [0.2, 0.25) is 0 Å². The van der Waals surface area contributed by atoms with Crippen LogP contribution in [0.1, 0.15) is 23.2 Å². The Morgan fingerprint density at radius 1 is 1.29 bits per heavy atom. The van der Waals surface area contributed by atoms with Crippen LogP contribution in [0.15, 0.2) is 36.5 Å². The van der Waals surface area contributed by atoms with Gasteiger partial charge >= 0.3 is 5.97 Å². The summed E-state index contributed by atoms with van der Waals surface area (Å²) in [4.78, 5) is 27.8. The van der Waals surface area contributed by atoms with Gasteiger partial charge in [-0.05, 0) is 30.7 Å². The molecule has 0 saturated carbocycles. The van der Waals surface area contributed by atoms with Gasteiger partial charge in [0, 0.05) is 6.42 Å². The number of hydrogen-bond acceptors (Lipinski definition) is 3. The molecule has 1 aliphatic rings. The normalized spacial score (nSPS) is 15.2. The summed E-state index contributed by atoms with van der Waals surface area (Å²) in [7, 11) is 0. The largest absolute Gasteiger partial charge is 0.363 e. The molecule has 1 heterocycles. The molecule has 1 saturated heterocycles. The highest BCUT2D eigenvalue weighted by molar-refractivity contribution is 5.91. The monoisotopic (exact) mass is 234 g/mol. The van der Waals surface area contributed by atoms with Gasteiger partial charge in [-0.2, -0.15) is 0 Å². The highest BCUT2D eigenvalue weighted by atomic mass is 18.2. The molecule has 0 spiro atoms. The van der Waals surface area contributed by atoms with Gasteiger partial charge in [0.15, 0.2) is 0 Å². The van der Waals surface area contributed by atoms with Gasteiger partial charge in [-0.1, -0.05) is 6.58 Å². The summed E-state index contributed by atoms with van der Waals surface area (Å²) in [5.41, 5.74) is 0.629. The molecule has 5 heteroatoms. The van der Waals surface area contributed by atoms with E-state index in [2.05, 4.69) is 6.58 Å². The standard InChI is InChI=1S/C12H10FNO3/c1-8-2-7-11(15)14(8)17-12(16)9-3-5-10(13)6-4-9/h3-6H,1-2,7H2/i13-1. The summed E-state index contributed by atoms with van der Waals surface area (Å²) in [5, 5.41) is 0.895. The molecule has 0 aromatic heterocycles. The van der Waals surface area contributed by atoms with Gasteiger partial charge in [0.2, 0.25) is 0 Å². The molecule has 0 atom stereocenters. The van der Waals surface area contributed by atoms with Crippen molar-refractivity contribution in [2.24, 2.45) is 0 Å². The predicted molar refractivity (Wildman–Crippen MR) is 57.0 cm³/mol. The van der Waals surface area contributed by atoms with Crippen molar-refractivity contribution in [3.05, 3.63) is 47.9 Å². The van der Waals surface area contributed by atoms with Gasteiger partial charge in [0.1, 0.15) is 5.82 Å². The van der Waals surface area contributed by atoms with E-state index in [1.165, 1.54) is 12.1 Å². The number of allylic oxidation sites excluding steroid dienone is 1. The number of hydrogen-bond donors (Lipinski definition) is 0. The summed E-state index contributed by atoms with van der Waals surface area (Å²) in [6.07, 6.45) is 0.769. The smallest absolute Gasteiger partial charge is 0.328 e. The van der Waals surface area contributed by atoms with Gasteiger partial charge in [0.05, 0.1) is 11.3 Å². The number of halogens is 1. The minimum atomic E-state index is -0.707. The van der Waals surface area contributed by atoms with Crippen molar-refractivity contribution in [3.8, 4) is 0 Å². The van der Waals surface area contributed by atoms with Gasteiger partial charge in [-0.3, -0.25) is 4.79 Å². The molecule has 88 valence electrons. The number of carbonyl (C=O) groups excluding carboxylic acids is 2. The Hall–Kier alpha value is -2.17. The van der Waals surface area contributed by atoms with E-state index in [0.717, 1.165) is 17.2 Å². The van der Waals surface area contributed by atoms with Crippen LogP contribution in [-0.4, -0.2) is 16.9 Å². The second kappa shape index (κ2) is 4.37. The zero-order chi connectivity index (χ0) is 12.4. The minimum absolute atomic E-state index is 0.180. The fraction of sp³-hybridized carbons (Fsp3) is 0.167. The zero-order valence-corrected chi connectivity index (χ0v) is 8.98. The molecule has 1 amide bonds. The molecule has 1 aromatic carbocycles. The van der Waals surface area contributed by atoms with E-state index >= 15 is 0 Å². The highest BCUT2D eigenvalue weighted by Crippen LogP contribution is 2.21. The molecular weight excluding hydrogens is 224 g/mol. The lowest BCUT2D eigenvalue weighted by molar-refractivity contribution is -0.153. The fourth-order valence-corrected chi connectivity index (χ4v) is 1.47. The summed E-state index contributed by atoms with van der Waals surface area (Å²) < 4.78 is 12.6. The van der Waals surface area contributed by atoms with E-state index in [4.69, 9.17) is 4.84 Å². The molecule has 0 unspecified atom stereocenters. The third-order valence-corrected chi connectivity index (χ3v) is 2.40. The molecular formula is C12H10FNO3. The van der Waals surface area contributed by atoms with Crippen LogP contribution in [-0.2, 0) is 9.63 Å². The lowest BCUT2D eigenvalue weighted by atomic mass is 10.2. The van der Waals surface area contributed by atoms with Crippen LogP contribution in [0.3, 0.4) is 0 Å². The molecule has 1 aromatic rings. The van der Waals surface area contributed by atoms with Crippen molar-refractivity contribution in [2.75, 3.05) is 0 Å². The van der Waals surface area contributed by atoms with E-state index in [1.54, 1.807) is 0 Å². The number of rotatable bonds is 2. The van der Waals surface area contributed by atoms with Crippen molar-refractivity contribution in [1.82, 2.24) is 5.06 Å². The molecule has 1 aliphatic heterocycles. The first-order chi connectivity index (χ1) is 8.08. The lowest BCUT2D eigenvalue weighted by Crippen LogP contribution is -2.26. The average molecular weight is 234 g/mol. The third-order valence-electron chi connectivity index (χ3n) is 2.40. The Morgan fingerprint density at radius 3 is 2.47 bits per heavy atom. The van der Waals surface area contributed by atoms with Gasteiger partial charge < -0.3 is 4.84 Å². The Balaban J connectivity index is 2.09. The molecule has 1 fully saturated rings. The van der Waals surface area contributed by atoms with Crippen LogP contribution >= 0.6 is 0 Å². The van der Waals surface area contributed by atoms with E-state index in [0.29, 0.717) is 12.1 Å². The maximum atomic E-state index is 12.6. The van der Waals surface area contributed by atoms with Gasteiger partial charge in [0.25, 0.3) is 5.91 Å². The van der Waals surface area contributed by atoms with Gasteiger partial charge in [-0.25, -0.2) is 9.18 Å². The fourth-order valence-electron chi connectivity index (χ4n) is 1.47.